The Hall–Kier alpha value is -0.550. The molecule has 26 heavy (non-hydrogen) atoms. The van der Waals surface area contributed by atoms with Gasteiger partial charge in [0.05, 0.1) is 6.61 Å². The third kappa shape index (κ3) is 9.96. The summed E-state index contributed by atoms with van der Waals surface area (Å²) in [6.45, 7) is 13.3. The molecule has 0 spiro atoms. The normalized spacial score (nSPS) is 11.5. The lowest BCUT2D eigenvalue weighted by atomic mass is 10.2. The molecule has 1 heterocycles. The minimum Gasteiger partial charge on any atom is -0.380 e. The molecule has 2 N–H and O–H groups in total. The molecule has 0 saturated heterocycles. The number of nitrogens with zero attached hydrogens (tertiary/aromatic N) is 4. The van der Waals surface area contributed by atoms with E-state index in [1.54, 1.807) is 11.8 Å². The second-order valence-corrected chi connectivity index (χ2v) is 6.87. The highest BCUT2D eigenvalue weighted by Gasteiger charge is 2.12. The third-order valence-electron chi connectivity index (χ3n) is 3.44. The van der Waals surface area contributed by atoms with Crippen molar-refractivity contribution in [1.29, 1.82) is 0 Å². The zero-order chi connectivity index (χ0) is 18.5. The average Bonchev–Trinajstić information content (AvgIpc) is 2.96. The van der Waals surface area contributed by atoms with Gasteiger partial charge in [-0.2, -0.15) is 0 Å². The fourth-order valence-corrected chi connectivity index (χ4v) is 2.88. The van der Waals surface area contributed by atoms with Crippen LogP contribution in [0.3, 0.4) is 0 Å². The van der Waals surface area contributed by atoms with Gasteiger partial charge in [0.2, 0.25) is 0 Å². The summed E-state index contributed by atoms with van der Waals surface area (Å²) in [4.78, 5) is 4.62. The molecule has 7 nitrogen and oxygen atoms in total. The standard InChI is InChI=1S/C17H34N6OS.HI/c1-6-18-16(20-11-12-24-7-2)19-10-8-9-15-21-22-17(25-5)23(15)13-14(3)4;/h14H,6-13H2,1-5H3,(H2,18,19,20);1H. The number of ether oxygens (including phenoxy) is 1. The van der Waals surface area contributed by atoms with Crippen molar-refractivity contribution in [3.63, 3.8) is 0 Å². The molecular formula is C17H35IN6OS. The first-order chi connectivity index (χ1) is 12.1. The first-order valence-corrected chi connectivity index (χ1v) is 10.4. The Kier molecular flexibility index (Phi) is 15.2. The Morgan fingerprint density at radius 3 is 2.65 bits per heavy atom. The Balaban J connectivity index is 0.00000625. The fraction of sp³-hybridized carbons (Fsp3) is 0.824. The molecule has 0 amide bonds. The van der Waals surface area contributed by atoms with Gasteiger partial charge in [0.1, 0.15) is 5.82 Å². The SMILES string of the molecule is CCNC(=NCCCc1nnc(SC)n1CC(C)C)NCCOCC.I. The maximum absolute atomic E-state index is 5.34. The molecule has 0 aliphatic heterocycles. The van der Waals surface area contributed by atoms with E-state index in [2.05, 4.69) is 51.2 Å². The molecule has 0 bridgehead atoms. The first kappa shape index (κ1) is 25.4. The second-order valence-electron chi connectivity index (χ2n) is 6.10. The third-order valence-corrected chi connectivity index (χ3v) is 4.11. The molecule has 1 rings (SSSR count). The number of hydrogen-bond acceptors (Lipinski definition) is 5. The number of nitrogens with one attached hydrogen (secondary N) is 2. The van der Waals surface area contributed by atoms with E-state index in [0.29, 0.717) is 12.5 Å². The molecule has 0 aromatic carbocycles. The summed E-state index contributed by atoms with van der Waals surface area (Å²) in [6.07, 6.45) is 3.89. The second kappa shape index (κ2) is 15.5. The van der Waals surface area contributed by atoms with Crippen molar-refractivity contribution < 1.29 is 4.74 Å². The molecule has 0 aliphatic rings. The van der Waals surface area contributed by atoms with Crippen molar-refractivity contribution in [2.75, 3.05) is 39.1 Å². The van der Waals surface area contributed by atoms with Crippen LogP contribution in [0.2, 0.25) is 0 Å². The Bertz CT molecular complexity index is 509. The smallest absolute Gasteiger partial charge is 0.191 e. The highest BCUT2D eigenvalue weighted by molar-refractivity contribution is 14.0. The Labute approximate surface area is 179 Å². The van der Waals surface area contributed by atoms with Gasteiger partial charge in [-0.05, 0) is 32.4 Å². The average molecular weight is 498 g/mol. The zero-order valence-corrected chi connectivity index (χ0v) is 19.9. The van der Waals surface area contributed by atoms with E-state index in [1.165, 1.54) is 0 Å². The van der Waals surface area contributed by atoms with E-state index in [1.807, 2.05) is 13.2 Å². The van der Waals surface area contributed by atoms with Crippen LogP contribution in [0.1, 0.15) is 39.9 Å². The van der Waals surface area contributed by atoms with Crippen molar-refractivity contribution in [2.45, 2.75) is 52.2 Å². The van der Waals surface area contributed by atoms with Crippen molar-refractivity contribution in [1.82, 2.24) is 25.4 Å². The lowest BCUT2D eigenvalue weighted by Crippen LogP contribution is -2.39. The van der Waals surface area contributed by atoms with Crippen molar-refractivity contribution in [2.24, 2.45) is 10.9 Å². The fourth-order valence-electron chi connectivity index (χ4n) is 2.36. The lowest BCUT2D eigenvalue weighted by molar-refractivity contribution is 0.152. The molecule has 1 aromatic rings. The van der Waals surface area contributed by atoms with Gasteiger partial charge in [0, 0.05) is 39.2 Å². The van der Waals surface area contributed by atoms with E-state index in [-0.39, 0.29) is 24.0 Å². The molecule has 152 valence electrons. The summed E-state index contributed by atoms with van der Waals surface area (Å²) in [7, 11) is 0. The van der Waals surface area contributed by atoms with E-state index >= 15 is 0 Å². The van der Waals surface area contributed by atoms with Crippen LogP contribution in [0.25, 0.3) is 0 Å². The lowest BCUT2D eigenvalue weighted by Gasteiger charge is -2.12. The van der Waals surface area contributed by atoms with E-state index in [9.17, 15) is 0 Å². The van der Waals surface area contributed by atoms with Crippen LogP contribution in [-0.2, 0) is 17.7 Å². The van der Waals surface area contributed by atoms with Crippen LogP contribution in [0.5, 0.6) is 0 Å². The minimum atomic E-state index is 0. The molecule has 0 unspecified atom stereocenters. The number of halogens is 1. The van der Waals surface area contributed by atoms with Crippen LogP contribution >= 0.6 is 35.7 Å². The van der Waals surface area contributed by atoms with Gasteiger partial charge in [-0.25, -0.2) is 0 Å². The number of aryl methyl sites for hydroxylation is 1. The van der Waals surface area contributed by atoms with Crippen LogP contribution in [0.4, 0.5) is 0 Å². The van der Waals surface area contributed by atoms with Gasteiger partial charge >= 0.3 is 0 Å². The summed E-state index contributed by atoms with van der Waals surface area (Å²) in [5.74, 6) is 2.48. The monoisotopic (exact) mass is 498 g/mol. The molecule has 1 aromatic heterocycles. The summed E-state index contributed by atoms with van der Waals surface area (Å²) >= 11 is 1.65. The van der Waals surface area contributed by atoms with Crippen LogP contribution < -0.4 is 10.6 Å². The van der Waals surface area contributed by atoms with E-state index < -0.39 is 0 Å². The predicted octanol–water partition coefficient (Wildman–Crippen LogP) is 2.80. The number of aliphatic imine (C=N–C) groups is 1. The topological polar surface area (TPSA) is 76.4 Å². The summed E-state index contributed by atoms with van der Waals surface area (Å²) in [6, 6.07) is 0. The number of hydrogen-bond donors (Lipinski definition) is 2. The van der Waals surface area contributed by atoms with Gasteiger partial charge < -0.3 is 19.9 Å². The molecular weight excluding hydrogens is 463 g/mol. The summed E-state index contributed by atoms with van der Waals surface area (Å²) in [5, 5.41) is 16.2. The largest absolute Gasteiger partial charge is 0.380 e. The molecule has 9 heteroatoms. The minimum absolute atomic E-state index is 0. The first-order valence-electron chi connectivity index (χ1n) is 9.18. The van der Waals surface area contributed by atoms with Gasteiger partial charge in [0.25, 0.3) is 0 Å². The predicted molar refractivity (Wildman–Crippen MR) is 121 cm³/mol. The molecule has 0 atom stereocenters. The number of aromatic nitrogens is 3. The Morgan fingerprint density at radius 1 is 1.27 bits per heavy atom. The van der Waals surface area contributed by atoms with Gasteiger partial charge in [0.15, 0.2) is 11.1 Å². The van der Waals surface area contributed by atoms with Gasteiger partial charge in [-0.3, -0.25) is 4.99 Å². The summed E-state index contributed by atoms with van der Waals surface area (Å²) in [5.41, 5.74) is 0. The van der Waals surface area contributed by atoms with Crippen LogP contribution in [-0.4, -0.2) is 59.8 Å². The van der Waals surface area contributed by atoms with Crippen LogP contribution in [0.15, 0.2) is 10.1 Å². The number of rotatable bonds is 12. The molecule has 0 saturated carbocycles. The van der Waals surface area contributed by atoms with Crippen molar-refractivity contribution >= 4 is 41.7 Å². The Morgan fingerprint density at radius 2 is 2.04 bits per heavy atom. The number of thioether (sulfide) groups is 1. The zero-order valence-electron chi connectivity index (χ0n) is 16.7. The molecule has 0 radical (unpaired) electrons. The maximum atomic E-state index is 5.34. The van der Waals surface area contributed by atoms with E-state index in [0.717, 1.165) is 62.6 Å². The van der Waals surface area contributed by atoms with Crippen molar-refractivity contribution in [3.8, 4) is 0 Å². The molecule has 0 fully saturated rings. The highest BCUT2D eigenvalue weighted by Crippen LogP contribution is 2.16. The van der Waals surface area contributed by atoms with Gasteiger partial charge in [-0.15, -0.1) is 34.2 Å². The number of guanidine groups is 1. The maximum Gasteiger partial charge on any atom is 0.191 e. The quantitative estimate of drug-likeness (QED) is 0.152. The van der Waals surface area contributed by atoms with Gasteiger partial charge in [-0.1, -0.05) is 25.6 Å². The van der Waals surface area contributed by atoms with Crippen molar-refractivity contribution in [3.05, 3.63) is 5.82 Å². The highest BCUT2D eigenvalue weighted by atomic mass is 127. The van der Waals surface area contributed by atoms with Crippen LogP contribution in [0, 0.1) is 5.92 Å². The van der Waals surface area contributed by atoms with E-state index in [4.69, 9.17) is 4.74 Å². The summed E-state index contributed by atoms with van der Waals surface area (Å²) < 4.78 is 7.58. The molecule has 0 aliphatic carbocycles.